The van der Waals surface area contributed by atoms with Gasteiger partial charge in [-0.2, -0.15) is 0 Å². The highest BCUT2D eigenvalue weighted by Crippen LogP contribution is 2.36. The van der Waals surface area contributed by atoms with Gasteiger partial charge in [0, 0.05) is 5.02 Å². The van der Waals surface area contributed by atoms with Gasteiger partial charge in [0.1, 0.15) is 23.9 Å². The Balaban J connectivity index is 2.34. The van der Waals surface area contributed by atoms with Gasteiger partial charge in [0.25, 0.3) is 0 Å². The maximum atomic E-state index is 10.7. The molecule has 0 spiro atoms. The zero-order valence-electron chi connectivity index (χ0n) is 11.2. The van der Waals surface area contributed by atoms with E-state index in [1.165, 1.54) is 0 Å². The molecule has 1 saturated heterocycles. The van der Waals surface area contributed by atoms with Crippen LogP contribution in [0.5, 0.6) is 0 Å². The number of ether oxygens (including phenoxy) is 1. The molecule has 5 heteroatoms. The van der Waals surface area contributed by atoms with Crippen molar-refractivity contribution in [2.24, 2.45) is 0 Å². The number of aliphatic hydroxyl groups excluding tert-OH is 2. The number of aryl methyl sites for hydroxylation is 1. The minimum Gasteiger partial charge on any atom is -0.388 e. The Hall–Kier alpha value is -0.650. The molecular weight excluding hydrogens is 268 g/mol. The van der Waals surface area contributed by atoms with E-state index in [0.717, 1.165) is 5.56 Å². The van der Waals surface area contributed by atoms with Gasteiger partial charge in [-0.1, -0.05) is 23.7 Å². The van der Waals surface area contributed by atoms with Crippen LogP contribution >= 0.6 is 11.6 Å². The zero-order valence-corrected chi connectivity index (χ0v) is 11.9. The quantitative estimate of drug-likeness (QED) is 0.768. The van der Waals surface area contributed by atoms with Crippen molar-refractivity contribution in [2.75, 3.05) is 0 Å². The summed E-state index contributed by atoms with van der Waals surface area (Å²) in [7, 11) is 0. The molecule has 19 heavy (non-hydrogen) atoms. The van der Waals surface area contributed by atoms with Gasteiger partial charge in [0.05, 0.1) is 6.10 Å². The van der Waals surface area contributed by atoms with E-state index in [1.807, 2.05) is 6.92 Å². The van der Waals surface area contributed by atoms with Crippen molar-refractivity contribution in [2.45, 2.75) is 50.8 Å². The summed E-state index contributed by atoms with van der Waals surface area (Å²) in [6, 6.07) is 5.15. The topological polar surface area (TPSA) is 69.9 Å². The largest absolute Gasteiger partial charge is 0.388 e. The first-order valence-electron chi connectivity index (χ1n) is 6.25. The van der Waals surface area contributed by atoms with Gasteiger partial charge in [0.2, 0.25) is 0 Å². The van der Waals surface area contributed by atoms with Crippen molar-refractivity contribution in [1.29, 1.82) is 0 Å². The van der Waals surface area contributed by atoms with Gasteiger partial charge in [-0.25, -0.2) is 0 Å². The zero-order chi connectivity index (χ0) is 14.4. The molecule has 0 aliphatic carbocycles. The minimum absolute atomic E-state index is 0.514. The molecule has 3 N–H and O–H groups in total. The van der Waals surface area contributed by atoms with Crippen LogP contribution in [0.3, 0.4) is 0 Å². The molecule has 0 radical (unpaired) electrons. The summed E-state index contributed by atoms with van der Waals surface area (Å²) in [6.07, 6.45) is -3.51. The van der Waals surface area contributed by atoms with E-state index in [1.54, 1.807) is 32.0 Å². The third kappa shape index (κ3) is 2.51. The van der Waals surface area contributed by atoms with E-state index >= 15 is 0 Å². The average molecular weight is 287 g/mol. The monoisotopic (exact) mass is 286 g/mol. The molecule has 5 unspecified atom stereocenters. The fraction of sp³-hybridized carbons (Fsp3) is 0.571. The summed E-state index contributed by atoms with van der Waals surface area (Å²) in [5.41, 5.74) is 0.0285. The molecule has 5 atom stereocenters. The highest BCUT2D eigenvalue weighted by molar-refractivity contribution is 6.31. The van der Waals surface area contributed by atoms with E-state index < -0.39 is 30.0 Å². The Kier molecular flexibility index (Phi) is 3.91. The maximum absolute atomic E-state index is 10.7. The number of rotatable bonds is 2. The molecule has 1 aliphatic rings. The standard InChI is InChI=1S/C14H19ClO4/c1-7-6-9(4-5-10(7)15)14(3,18)13-12(17)11(16)8(2)19-13/h4-6,8,11-13,16-18H,1-3H3. The number of halogens is 1. The molecule has 0 bridgehead atoms. The number of hydrogen-bond donors (Lipinski definition) is 3. The van der Waals surface area contributed by atoms with Crippen molar-refractivity contribution in [3.05, 3.63) is 34.3 Å². The molecule has 1 heterocycles. The second-order valence-corrected chi connectivity index (χ2v) is 5.76. The van der Waals surface area contributed by atoms with Crippen molar-refractivity contribution in [3.8, 4) is 0 Å². The Morgan fingerprint density at radius 3 is 2.37 bits per heavy atom. The fourth-order valence-electron chi connectivity index (χ4n) is 2.44. The van der Waals surface area contributed by atoms with Crippen LogP contribution in [0.1, 0.15) is 25.0 Å². The predicted octanol–water partition coefficient (Wildman–Crippen LogP) is 1.37. The predicted molar refractivity (Wildman–Crippen MR) is 72.1 cm³/mol. The van der Waals surface area contributed by atoms with E-state index in [2.05, 4.69) is 0 Å². The second-order valence-electron chi connectivity index (χ2n) is 5.35. The lowest BCUT2D eigenvalue weighted by molar-refractivity contribution is -0.122. The maximum Gasteiger partial charge on any atom is 0.119 e. The summed E-state index contributed by atoms with van der Waals surface area (Å²) in [5, 5.41) is 31.0. The molecule has 1 aliphatic heterocycles. The van der Waals surface area contributed by atoms with Gasteiger partial charge < -0.3 is 20.1 Å². The Labute approximate surface area is 117 Å². The van der Waals surface area contributed by atoms with Gasteiger partial charge in [0.15, 0.2) is 0 Å². The second kappa shape index (κ2) is 5.04. The van der Waals surface area contributed by atoms with E-state index in [0.29, 0.717) is 10.6 Å². The van der Waals surface area contributed by atoms with Gasteiger partial charge in [-0.05, 0) is 38.0 Å². The highest BCUT2D eigenvalue weighted by atomic mass is 35.5. The Morgan fingerprint density at radius 2 is 1.89 bits per heavy atom. The summed E-state index contributed by atoms with van der Waals surface area (Å²) >= 11 is 5.96. The lowest BCUT2D eigenvalue weighted by atomic mass is 9.86. The summed E-state index contributed by atoms with van der Waals surface area (Å²) in [6.45, 7) is 5.07. The third-order valence-corrected chi connectivity index (χ3v) is 4.22. The summed E-state index contributed by atoms with van der Waals surface area (Å²) < 4.78 is 5.49. The normalized spacial score (nSPS) is 34.3. The number of aliphatic hydroxyl groups is 3. The Morgan fingerprint density at radius 1 is 1.26 bits per heavy atom. The van der Waals surface area contributed by atoms with Gasteiger partial charge >= 0.3 is 0 Å². The van der Waals surface area contributed by atoms with Gasteiger partial charge in [-0.15, -0.1) is 0 Å². The minimum atomic E-state index is -1.40. The molecular formula is C14H19ClO4. The highest BCUT2D eigenvalue weighted by Gasteiger charge is 2.49. The van der Waals surface area contributed by atoms with E-state index in [9.17, 15) is 15.3 Å². The summed E-state index contributed by atoms with van der Waals surface area (Å²) in [4.78, 5) is 0. The first-order valence-corrected chi connectivity index (χ1v) is 6.63. The van der Waals surface area contributed by atoms with Crippen LogP contribution in [-0.4, -0.2) is 39.7 Å². The van der Waals surface area contributed by atoms with Crippen molar-refractivity contribution in [1.82, 2.24) is 0 Å². The van der Waals surface area contributed by atoms with Crippen LogP contribution < -0.4 is 0 Å². The fourth-order valence-corrected chi connectivity index (χ4v) is 2.56. The molecule has 0 amide bonds. The van der Waals surface area contributed by atoms with Crippen molar-refractivity contribution >= 4 is 11.6 Å². The van der Waals surface area contributed by atoms with E-state index in [4.69, 9.17) is 16.3 Å². The molecule has 1 fully saturated rings. The van der Waals surface area contributed by atoms with Crippen LogP contribution in [0.25, 0.3) is 0 Å². The van der Waals surface area contributed by atoms with Crippen molar-refractivity contribution < 1.29 is 20.1 Å². The first kappa shape index (κ1) is 14.8. The molecule has 0 saturated carbocycles. The smallest absolute Gasteiger partial charge is 0.119 e. The van der Waals surface area contributed by atoms with Crippen LogP contribution in [-0.2, 0) is 10.3 Å². The lowest BCUT2D eigenvalue weighted by Gasteiger charge is -2.32. The number of hydrogen-bond acceptors (Lipinski definition) is 4. The molecule has 4 nitrogen and oxygen atoms in total. The Bertz CT molecular complexity index is 475. The molecule has 1 aromatic carbocycles. The third-order valence-electron chi connectivity index (χ3n) is 3.80. The van der Waals surface area contributed by atoms with Crippen LogP contribution in [0.2, 0.25) is 5.02 Å². The first-order chi connectivity index (χ1) is 8.75. The molecule has 1 aromatic rings. The summed E-state index contributed by atoms with van der Waals surface area (Å²) in [5.74, 6) is 0. The number of benzene rings is 1. The van der Waals surface area contributed by atoms with Crippen molar-refractivity contribution in [3.63, 3.8) is 0 Å². The van der Waals surface area contributed by atoms with Crippen LogP contribution in [0.4, 0.5) is 0 Å². The lowest BCUT2D eigenvalue weighted by Crippen LogP contribution is -2.45. The average Bonchev–Trinajstić information content (AvgIpc) is 2.61. The SMILES string of the molecule is Cc1cc(C(C)(O)C2OC(C)C(O)C2O)ccc1Cl. The van der Waals surface area contributed by atoms with Crippen LogP contribution in [0, 0.1) is 6.92 Å². The molecule has 2 rings (SSSR count). The van der Waals surface area contributed by atoms with Gasteiger partial charge in [-0.3, -0.25) is 0 Å². The molecule has 106 valence electrons. The van der Waals surface area contributed by atoms with E-state index in [-0.39, 0.29) is 0 Å². The van der Waals surface area contributed by atoms with Crippen LogP contribution in [0.15, 0.2) is 18.2 Å². The molecule has 0 aromatic heterocycles.